The smallest absolute Gasteiger partial charge is 0.298 e. The van der Waals surface area contributed by atoms with Gasteiger partial charge in [-0.15, -0.1) is 0 Å². The van der Waals surface area contributed by atoms with Crippen molar-refractivity contribution in [1.82, 2.24) is 9.13 Å². The summed E-state index contributed by atoms with van der Waals surface area (Å²) in [7, 11) is 1.58. The standard InChI is InChI=1S/C12H11BrN2O3/c1-7(16)6-15-11(17)9-4-3-8(13)5-10(9)14(2)12(15)18/h3-5H,6H2,1-2H3. The van der Waals surface area contributed by atoms with E-state index in [2.05, 4.69) is 15.9 Å². The van der Waals surface area contributed by atoms with Crippen molar-refractivity contribution in [2.24, 2.45) is 7.05 Å². The number of aryl methyl sites for hydroxylation is 1. The molecule has 0 atom stereocenters. The molecule has 0 aliphatic heterocycles. The maximum absolute atomic E-state index is 12.1. The molecule has 0 radical (unpaired) electrons. The van der Waals surface area contributed by atoms with Gasteiger partial charge >= 0.3 is 5.69 Å². The number of halogens is 1. The number of hydrogen-bond acceptors (Lipinski definition) is 3. The molecule has 0 bridgehead atoms. The van der Waals surface area contributed by atoms with Crippen LogP contribution in [-0.2, 0) is 18.4 Å². The predicted octanol–water partition coefficient (Wildman–Crippen LogP) is 1.05. The van der Waals surface area contributed by atoms with Crippen LogP contribution < -0.4 is 11.2 Å². The van der Waals surface area contributed by atoms with Crippen LogP contribution in [0.3, 0.4) is 0 Å². The Morgan fingerprint density at radius 3 is 2.61 bits per heavy atom. The monoisotopic (exact) mass is 310 g/mol. The van der Waals surface area contributed by atoms with Gasteiger partial charge in [-0.2, -0.15) is 0 Å². The lowest BCUT2D eigenvalue weighted by Gasteiger charge is -2.09. The second-order valence-electron chi connectivity index (χ2n) is 4.10. The maximum atomic E-state index is 12.1. The van der Waals surface area contributed by atoms with Gasteiger partial charge in [0.25, 0.3) is 5.56 Å². The molecule has 18 heavy (non-hydrogen) atoms. The number of benzene rings is 1. The van der Waals surface area contributed by atoms with E-state index < -0.39 is 11.2 Å². The van der Waals surface area contributed by atoms with Crippen molar-refractivity contribution in [2.75, 3.05) is 0 Å². The van der Waals surface area contributed by atoms with Crippen LogP contribution in [-0.4, -0.2) is 14.9 Å². The van der Waals surface area contributed by atoms with Crippen LogP contribution in [0.4, 0.5) is 0 Å². The first-order valence-electron chi connectivity index (χ1n) is 5.30. The number of ketones is 1. The zero-order valence-corrected chi connectivity index (χ0v) is 11.5. The molecule has 94 valence electrons. The van der Waals surface area contributed by atoms with Crippen LogP contribution in [0.15, 0.2) is 32.3 Å². The van der Waals surface area contributed by atoms with E-state index in [1.807, 2.05) is 0 Å². The van der Waals surface area contributed by atoms with Gasteiger partial charge in [0.2, 0.25) is 0 Å². The molecule has 0 aliphatic rings. The fourth-order valence-electron chi connectivity index (χ4n) is 1.84. The van der Waals surface area contributed by atoms with Gasteiger partial charge in [0.1, 0.15) is 5.78 Å². The van der Waals surface area contributed by atoms with Crippen molar-refractivity contribution in [3.05, 3.63) is 43.5 Å². The Morgan fingerprint density at radius 2 is 2.00 bits per heavy atom. The van der Waals surface area contributed by atoms with E-state index in [1.165, 1.54) is 11.5 Å². The van der Waals surface area contributed by atoms with Crippen LogP contribution in [0.2, 0.25) is 0 Å². The minimum Gasteiger partial charge on any atom is -0.298 e. The van der Waals surface area contributed by atoms with Gasteiger partial charge < -0.3 is 0 Å². The SMILES string of the molecule is CC(=O)Cn1c(=O)c2ccc(Br)cc2n(C)c1=O. The van der Waals surface area contributed by atoms with E-state index in [4.69, 9.17) is 0 Å². The number of carbonyl (C=O) groups excluding carboxylic acids is 1. The molecular formula is C12H11BrN2O3. The summed E-state index contributed by atoms with van der Waals surface area (Å²) in [6.07, 6.45) is 0. The molecule has 0 fully saturated rings. The number of aromatic nitrogens is 2. The minimum absolute atomic E-state index is 0.197. The zero-order valence-electron chi connectivity index (χ0n) is 9.94. The summed E-state index contributed by atoms with van der Waals surface area (Å²) in [5.74, 6) is -0.231. The van der Waals surface area contributed by atoms with Crippen molar-refractivity contribution in [2.45, 2.75) is 13.5 Å². The van der Waals surface area contributed by atoms with Gasteiger partial charge in [0, 0.05) is 11.5 Å². The zero-order chi connectivity index (χ0) is 13.4. The highest BCUT2D eigenvalue weighted by atomic mass is 79.9. The summed E-state index contributed by atoms with van der Waals surface area (Å²) in [5, 5.41) is 0.418. The number of hydrogen-bond donors (Lipinski definition) is 0. The Labute approximate surface area is 111 Å². The topological polar surface area (TPSA) is 61.1 Å². The van der Waals surface area contributed by atoms with E-state index in [0.29, 0.717) is 10.9 Å². The molecule has 0 unspecified atom stereocenters. The Balaban J connectivity index is 2.92. The summed E-state index contributed by atoms with van der Waals surface area (Å²) >= 11 is 3.30. The third kappa shape index (κ3) is 2.03. The molecule has 1 heterocycles. The number of nitrogens with zero attached hydrogens (tertiary/aromatic N) is 2. The number of Topliss-reactive ketones (excluding diaryl/α,β-unsaturated/α-hetero) is 1. The molecule has 0 saturated carbocycles. The maximum Gasteiger partial charge on any atom is 0.331 e. The largest absolute Gasteiger partial charge is 0.331 e. The van der Waals surface area contributed by atoms with Crippen molar-refractivity contribution in [3.8, 4) is 0 Å². The van der Waals surface area contributed by atoms with Crippen LogP contribution in [0.1, 0.15) is 6.92 Å². The first kappa shape index (κ1) is 12.8. The highest BCUT2D eigenvalue weighted by Crippen LogP contribution is 2.15. The summed E-state index contributed by atoms with van der Waals surface area (Å²) in [5.41, 5.74) is -0.379. The fraction of sp³-hybridized carbons (Fsp3) is 0.250. The molecule has 0 saturated heterocycles. The Morgan fingerprint density at radius 1 is 1.33 bits per heavy atom. The van der Waals surface area contributed by atoms with E-state index in [0.717, 1.165) is 9.04 Å². The second-order valence-corrected chi connectivity index (χ2v) is 5.01. The van der Waals surface area contributed by atoms with Crippen molar-refractivity contribution in [1.29, 1.82) is 0 Å². The van der Waals surface area contributed by atoms with E-state index in [1.54, 1.807) is 25.2 Å². The van der Waals surface area contributed by atoms with Gasteiger partial charge in [0.15, 0.2) is 0 Å². The van der Waals surface area contributed by atoms with E-state index in [-0.39, 0.29) is 12.3 Å². The summed E-state index contributed by atoms with van der Waals surface area (Å²) < 4.78 is 3.11. The molecule has 2 rings (SSSR count). The lowest BCUT2D eigenvalue weighted by molar-refractivity contribution is -0.117. The Hall–Kier alpha value is -1.69. The van der Waals surface area contributed by atoms with Crippen LogP contribution >= 0.6 is 15.9 Å². The second kappa shape index (κ2) is 4.53. The van der Waals surface area contributed by atoms with Crippen LogP contribution in [0.5, 0.6) is 0 Å². The average molecular weight is 311 g/mol. The first-order valence-corrected chi connectivity index (χ1v) is 6.09. The molecule has 5 nitrogen and oxygen atoms in total. The van der Waals surface area contributed by atoms with Gasteiger partial charge in [-0.05, 0) is 25.1 Å². The van der Waals surface area contributed by atoms with Gasteiger partial charge in [-0.3, -0.25) is 18.7 Å². The summed E-state index contributed by atoms with van der Waals surface area (Å²) in [4.78, 5) is 35.2. The number of carbonyl (C=O) groups is 1. The van der Waals surface area contributed by atoms with Crippen LogP contribution in [0.25, 0.3) is 10.9 Å². The molecule has 0 amide bonds. The molecule has 1 aromatic carbocycles. The molecule has 2 aromatic rings. The lowest BCUT2D eigenvalue weighted by Crippen LogP contribution is -2.40. The number of rotatable bonds is 2. The molecule has 0 N–H and O–H groups in total. The average Bonchev–Trinajstić information content (AvgIpc) is 2.31. The van der Waals surface area contributed by atoms with Gasteiger partial charge in [-0.1, -0.05) is 15.9 Å². The van der Waals surface area contributed by atoms with Gasteiger partial charge in [-0.25, -0.2) is 4.79 Å². The van der Waals surface area contributed by atoms with Gasteiger partial charge in [0.05, 0.1) is 17.4 Å². The molecule has 0 aliphatic carbocycles. The fourth-order valence-corrected chi connectivity index (χ4v) is 2.19. The Bertz CT molecular complexity index is 758. The minimum atomic E-state index is -0.485. The van der Waals surface area contributed by atoms with Crippen molar-refractivity contribution < 1.29 is 4.79 Å². The first-order chi connectivity index (χ1) is 8.41. The third-order valence-corrected chi connectivity index (χ3v) is 3.19. The summed E-state index contributed by atoms with van der Waals surface area (Å²) in [6.45, 7) is 1.15. The third-order valence-electron chi connectivity index (χ3n) is 2.70. The normalized spacial score (nSPS) is 10.8. The van der Waals surface area contributed by atoms with E-state index in [9.17, 15) is 14.4 Å². The molecule has 6 heteroatoms. The van der Waals surface area contributed by atoms with E-state index >= 15 is 0 Å². The highest BCUT2D eigenvalue weighted by Gasteiger charge is 2.12. The predicted molar refractivity (Wildman–Crippen MR) is 71.8 cm³/mol. The summed E-state index contributed by atoms with van der Waals surface area (Å²) in [6, 6.07) is 5.07. The van der Waals surface area contributed by atoms with Crippen molar-refractivity contribution in [3.63, 3.8) is 0 Å². The molecular weight excluding hydrogens is 300 g/mol. The van der Waals surface area contributed by atoms with Crippen molar-refractivity contribution >= 4 is 32.6 Å². The Kier molecular flexibility index (Phi) is 3.21. The highest BCUT2D eigenvalue weighted by molar-refractivity contribution is 9.10. The quantitative estimate of drug-likeness (QED) is 0.833. The molecule has 0 spiro atoms. The lowest BCUT2D eigenvalue weighted by atomic mass is 10.2. The van der Waals surface area contributed by atoms with Crippen LogP contribution in [0, 0.1) is 0 Å². The number of fused-ring (bicyclic) bond motifs is 1. The molecule has 1 aromatic heterocycles.